The van der Waals surface area contributed by atoms with Crippen molar-refractivity contribution in [2.75, 3.05) is 56.6 Å². The summed E-state index contributed by atoms with van der Waals surface area (Å²) in [7, 11) is -1.88. The summed E-state index contributed by atoms with van der Waals surface area (Å²) in [6.45, 7) is 6.65. The number of hydrogen-bond donors (Lipinski definition) is 2. The van der Waals surface area contributed by atoms with E-state index in [1.807, 2.05) is 18.2 Å². The largest absolute Gasteiger partial charge is 0.495 e. The average Bonchev–Trinajstić information content (AvgIpc) is 2.82. The molecule has 2 N–H and O–H groups in total. The number of ether oxygens (including phenoxy) is 1. The first-order valence-corrected chi connectivity index (χ1v) is 12.4. The molecule has 0 unspecified atom stereocenters. The topological polar surface area (TPSA) is 91.0 Å². The number of nitrogens with zero attached hydrogens (tertiary/aromatic N) is 2. The third-order valence-electron chi connectivity index (χ3n) is 5.51. The van der Waals surface area contributed by atoms with Crippen LogP contribution in [0.3, 0.4) is 0 Å². The Morgan fingerprint density at radius 2 is 1.72 bits per heavy atom. The number of rotatable bonds is 10. The number of carbonyl (C=O) groups excluding carboxylic acids is 1. The van der Waals surface area contributed by atoms with Gasteiger partial charge in [0.15, 0.2) is 0 Å². The van der Waals surface area contributed by atoms with Gasteiger partial charge in [-0.2, -0.15) is 0 Å². The van der Waals surface area contributed by atoms with E-state index >= 15 is 0 Å². The second-order valence-electron chi connectivity index (χ2n) is 7.68. The molecule has 1 saturated heterocycles. The first-order chi connectivity index (χ1) is 15.4. The highest BCUT2D eigenvalue weighted by atomic mass is 32.2. The Morgan fingerprint density at radius 3 is 2.38 bits per heavy atom. The van der Waals surface area contributed by atoms with Gasteiger partial charge in [0.05, 0.1) is 17.7 Å². The molecule has 0 aliphatic carbocycles. The number of piperazine rings is 1. The lowest BCUT2D eigenvalue weighted by atomic mass is 10.2. The molecular formula is C23H32N4O4S. The first-order valence-electron chi connectivity index (χ1n) is 10.9. The Bertz CT molecular complexity index is 987. The number of sulfonamides is 1. The predicted molar refractivity (Wildman–Crippen MR) is 127 cm³/mol. The average molecular weight is 461 g/mol. The number of hydrogen-bond acceptors (Lipinski definition) is 6. The minimum Gasteiger partial charge on any atom is -0.495 e. The molecule has 0 aromatic heterocycles. The Labute approximate surface area is 190 Å². The maximum absolute atomic E-state index is 12.5. The molecule has 2 aromatic carbocycles. The summed E-state index contributed by atoms with van der Waals surface area (Å²) >= 11 is 0. The molecule has 0 spiro atoms. The van der Waals surface area contributed by atoms with Gasteiger partial charge in [-0.3, -0.25) is 9.69 Å². The second kappa shape index (κ2) is 11.3. The minimum atomic E-state index is -3.57. The number of methoxy groups -OCH3 is 1. The van der Waals surface area contributed by atoms with Crippen molar-refractivity contribution in [3.8, 4) is 5.75 Å². The summed E-state index contributed by atoms with van der Waals surface area (Å²) < 4.78 is 33.1. The predicted octanol–water partition coefficient (Wildman–Crippen LogP) is 2.53. The molecule has 1 fully saturated rings. The molecule has 3 rings (SSSR count). The molecule has 32 heavy (non-hydrogen) atoms. The van der Waals surface area contributed by atoms with E-state index in [-0.39, 0.29) is 10.8 Å². The van der Waals surface area contributed by atoms with Crippen LogP contribution >= 0.6 is 0 Å². The smallest absolute Gasteiger partial charge is 0.240 e. The van der Waals surface area contributed by atoms with Gasteiger partial charge < -0.3 is 15.0 Å². The molecule has 0 bridgehead atoms. The number of carbonyl (C=O) groups is 1. The molecule has 174 valence electrons. The Balaban J connectivity index is 1.41. The van der Waals surface area contributed by atoms with Crippen molar-refractivity contribution in [2.24, 2.45) is 0 Å². The van der Waals surface area contributed by atoms with Crippen LogP contribution in [0.1, 0.15) is 19.8 Å². The normalized spacial score (nSPS) is 14.9. The van der Waals surface area contributed by atoms with Crippen LogP contribution in [-0.2, 0) is 14.8 Å². The summed E-state index contributed by atoms with van der Waals surface area (Å²) in [6, 6.07) is 14.3. The highest BCUT2D eigenvalue weighted by molar-refractivity contribution is 7.89. The van der Waals surface area contributed by atoms with E-state index < -0.39 is 10.0 Å². The van der Waals surface area contributed by atoms with Crippen molar-refractivity contribution in [3.63, 3.8) is 0 Å². The van der Waals surface area contributed by atoms with Crippen LogP contribution in [0.25, 0.3) is 0 Å². The van der Waals surface area contributed by atoms with Gasteiger partial charge in [-0.25, -0.2) is 13.1 Å². The lowest BCUT2D eigenvalue weighted by Gasteiger charge is -2.36. The fourth-order valence-electron chi connectivity index (χ4n) is 3.66. The van der Waals surface area contributed by atoms with Gasteiger partial charge in [-0.05, 0) is 49.4 Å². The zero-order valence-corrected chi connectivity index (χ0v) is 19.5. The van der Waals surface area contributed by atoms with Crippen molar-refractivity contribution in [1.29, 1.82) is 0 Å². The van der Waals surface area contributed by atoms with Crippen LogP contribution in [0.15, 0.2) is 53.4 Å². The van der Waals surface area contributed by atoms with Crippen molar-refractivity contribution in [2.45, 2.75) is 24.7 Å². The molecule has 0 radical (unpaired) electrons. The van der Waals surface area contributed by atoms with Crippen molar-refractivity contribution in [1.82, 2.24) is 9.62 Å². The van der Waals surface area contributed by atoms with Gasteiger partial charge in [0, 0.05) is 44.8 Å². The number of amides is 1. The van der Waals surface area contributed by atoms with E-state index in [0.29, 0.717) is 18.7 Å². The molecule has 8 nitrogen and oxygen atoms in total. The third-order valence-corrected chi connectivity index (χ3v) is 6.99. The van der Waals surface area contributed by atoms with E-state index in [0.717, 1.165) is 50.6 Å². The number of benzene rings is 2. The van der Waals surface area contributed by atoms with Gasteiger partial charge in [-0.15, -0.1) is 0 Å². The van der Waals surface area contributed by atoms with E-state index in [9.17, 15) is 13.2 Å². The van der Waals surface area contributed by atoms with E-state index in [1.54, 1.807) is 26.2 Å². The van der Waals surface area contributed by atoms with E-state index in [1.165, 1.54) is 12.1 Å². The molecular weight excluding hydrogens is 428 g/mol. The van der Waals surface area contributed by atoms with Crippen LogP contribution in [0, 0.1) is 0 Å². The Morgan fingerprint density at radius 1 is 1.03 bits per heavy atom. The quantitative estimate of drug-likeness (QED) is 0.530. The molecule has 1 aliphatic rings. The lowest BCUT2D eigenvalue weighted by molar-refractivity contribution is -0.115. The fraction of sp³-hybridized carbons (Fsp3) is 0.435. The maximum Gasteiger partial charge on any atom is 0.240 e. The van der Waals surface area contributed by atoms with Gasteiger partial charge in [0.2, 0.25) is 15.9 Å². The van der Waals surface area contributed by atoms with Crippen molar-refractivity contribution < 1.29 is 17.9 Å². The standard InChI is InChI=1S/C23H32N4O4S/c1-3-23(28)25-19-9-11-20(12-10-19)32(29,30)24-13-6-14-26-15-17-27(18-16-26)21-7-4-5-8-22(21)31-2/h4-5,7-12,24H,3,6,13-18H2,1-2H3,(H,25,28). The number of anilines is 2. The summed E-state index contributed by atoms with van der Waals surface area (Å²) in [4.78, 5) is 16.3. The molecule has 1 aliphatic heterocycles. The fourth-order valence-corrected chi connectivity index (χ4v) is 4.74. The highest BCUT2D eigenvalue weighted by Gasteiger charge is 2.19. The summed E-state index contributed by atoms with van der Waals surface area (Å²) in [5.41, 5.74) is 1.70. The first kappa shape index (κ1) is 24.0. The van der Waals surface area contributed by atoms with Gasteiger partial charge >= 0.3 is 0 Å². The monoisotopic (exact) mass is 460 g/mol. The molecule has 0 atom stereocenters. The second-order valence-corrected chi connectivity index (χ2v) is 9.44. The Hall–Kier alpha value is -2.62. The summed E-state index contributed by atoms with van der Waals surface area (Å²) in [6.07, 6.45) is 1.11. The minimum absolute atomic E-state index is 0.109. The molecule has 2 aromatic rings. The number of para-hydroxylation sites is 2. The zero-order chi connectivity index (χ0) is 23.0. The van der Waals surface area contributed by atoms with Crippen LogP contribution in [-0.4, -0.2) is 65.6 Å². The highest BCUT2D eigenvalue weighted by Crippen LogP contribution is 2.28. The maximum atomic E-state index is 12.5. The molecule has 9 heteroatoms. The van der Waals surface area contributed by atoms with Gasteiger partial charge in [0.25, 0.3) is 0 Å². The summed E-state index contributed by atoms with van der Waals surface area (Å²) in [5, 5.41) is 2.71. The van der Waals surface area contributed by atoms with E-state index in [2.05, 4.69) is 25.9 Å². The summed E-state index contributed by atoms with van der Waals surface area (Å²) in [5.74, 6) is 0.776. The third kappa shape index (κ3) is 6.44. The molecule has 0 saturated carbocycles. The molecule has 1 heterocycles. The number of nitrogens with one attached hydrogen (secondary N) is 2. The van der Waals surface area contributed by atoms with Crippen LogP contribution in [0.4, 0.5) is 11.4 Å². The van der Waals surface area contributed by atoms with Crippen LogP contribution in [0.5, 0.6) is 5.75 Å². The lowest BCUT2D eigenvalue weighted by Crippen LogP contribution is -2.47. The van der Waals surface area contributed by atoms with Gasteiger partial charge in [0.1, 0.15) is 5.75 Å². The Kier molecular flexibility index (Phi) is 8.49. The van der Waals surface area contributed by atoms with Crippen molar-refractivity contribution in [3.05, 3.63) is 48.5 Å². The van der Waals surface area contributed by atoms with Crippen LogP contribution < -0.4 is 19.7 Å². The van der Waals surface area contributed by atoms with Crippen molar-refractivity contribution >= 4 is 27.3 Å². The SMILES string of the molecule is CCC(=O)Nc1ccc(S(=O)(=O)NCCCN2CCN(c3ccccc3OC)CC2)cc1. The molecule has 1 amide bonds. The van der Waals surface area contributed by atoms with Crippen LogP contribution in [0.2, 0.25) is 0 Å². The zero-order valence-electron chi connectivity index (χ0n) is 18.7. The van der Waals surface area contributed by atoms with Gasteiger partial charge in [-0.1, -0.05) is 19.1 Å². The van der Waals surface area contributed by atoms with E-state index in [4.69, 9.17) is 4.74 Å².